The molecule has 0 radical (unpaired) electrons. The van der Waals surface area contributed by atoms with Crippen LogP contribution in [0.3, 0.4) is 0 Å². The number of ether oxygens (including phenoxy) is 1. The molecule has 158 valence electrons. The number of hydrogen-bond acceptors (Lipinski definition) is 4. The lowest BCUT2D eigenvalue weighted by Gasteiger charge is -2.22. The molecule has 8 nitrogen and oxygen atoms in total. The molecular weight excluding hydrogens is 381 g/mol. The van der Waals surface area contributed by atoms with Crippen LogP contribution in [0.5, 0.6) is 0 Å². The minimum absolute atomic E-state index is 0.0621. The van der Waals surface area contributed by atoms with Gasteiger partial charge < -0.3 is 20.3 Å². The number of benzene rings is 1. The summed E-state index contributed by atoms with van der Waals surface area (Å²) < 4.78 is 17.4. The SMILES string of the molecule is CCC[C@H](NP(=O)(O)CNC(=O)OCc1ccccc1)C(=O)NCCC(C)C. The van der Waals surface area contributed by atoms with Gasteiger partial charge in [-0.3, -0.25) is 9.36 Å². The van der Waals surface area contributed by atoms with Crippen molar-refractivity contribution in [3.8, 4) is 0 Å². The smallest absolute Gasteiger partial charge is 0.407 e. The van der Waals surface area contributed by atoms with Crippen LogP contribution >= 0.6 is 7.52 Å². The summed E-state index contributed by atoms with van der Waals surface area (Å²) in [4.78, 5) is 34.1. The third-order valence-corrected chi connectivity index (χ3v) is 5.22. The minimum Gasteiger partial charge on any atom is -0.445 e. The van der Waals surface area contributed by atoms with Crippen LogP contribution in [0.4, 0.5) is 4.79 Å². The molecule has 1 unspecified atom stereocenters. The number of nitrogens with one attached hydrogen (secondary N) is 3. The Labute approximate surface area is 166 Å². The fourth-order valence-electron chi connectivity index (χ4n) is 2.39. The lowest BCUT2D eigenvalue weighted by Crippen LogP contribution is -2.44. The second kappa shape index (κ2) is 12.5. The zero-order valence-electron chi connectivity index (χ0n) is 16.8. The number of carbonyl (C=O) groups is 2. The number of rotatable bonds is 12. The van der Waals surface area contributed by atoms with Crippen LogP contribution in [0.25, 0.3) is 0 Å². The molecule has 1 aromatic carbocycles. The van der Waals surface area contributed by atoms with Crippen LogP contribution in [0, 0.1) is 5.92 Å². The standard InChI is InChI=1S/C19H32N3O5P/c1-4-8-17(18(23)20-12-11-15(2)3)22-28(25,26)14-21-19(24)27-13-16-9-6-5-7-10-16/h5-7,9-10,15,17H,4,8,11-14H2,1-3H3,(H,20,23)(H,21,24)(H2,22,25,26)/t17-/m0/s1. The summed E-state index contributed by atoms with van der Waals surface area (Å²) in [5.41, 5.74) is 0.809. The normalized spacial score (nSPS) is 14.2. The molecule has 2 atom stereocenters. The van der Waals surface area contributed by atoms with E-state index in [1.54, 1.807) is 12.1 Å². The van der Waals surface area contributed by atoms with E-state index in [9.17, 15) is 19.0 Å². The first-order chi connectivity index (χ1) is 13.2. The Bertz CT molecular complexity index is 654. The molecule has 28 heavy (non-hydrogen) atoms. The molecule has 4 N–H and O–H groups in total. The van der Waals surface area contributed by atoms with Crippen LogP contribution in [0.1, 0.15) is 45.6 Å². The Morgan fingerprint density at radius 2 is 1.82 bits per heavy atom. The summed E-state index contributed by atoms with van der Waals surface area (Å²) in [5.74, 6) is 0.136. The Balaban J connectivity index is 2.45. The lowest BCUT2D eigenvalue weighted by atomic mass is 10.1. The fourth-order valence-corrected chi connectivity index (χ4v) is 3.55. The predicted molar refractivity (Wildman–Crippen MR) is 109 cm³/mol. The maximum atomic E-state index is 12.4. The fraction of sp³-hybridized carbons (Fsp3) is 0.579. The molecule has 0 fully saturated rings. The van der Waals surface area contributed by atoms with Gasteiger partial charge in [-0.25, -0.2) is 9.88 Å². The van der Waals surface area contributed by atoms with Gasteiger partial charge in [0.25, 0.3) is 7.52 Å². The van der Waals surface area contributed by atoms with E-state index in [1.807, 2.05) is 25.1 Å². The van der Waals surface area contributed by atoms with Gasteiger partial charge in [0.1, 0.15) is 12.9 Å². The van der Waals surface area contributed by atoms with Crippen LogP contribution in [-0.4, -0.2) is 35.8 Å². The highest BCUT2D eigenvalue weighted by Crippen LogP contribution is 2.34. The van der Waals surface area contributed by atoms with Gasteiger partial charge in [0.05, 0.1) is 6.04 Å². The van der Waals surface area contributed by atoms with E-state index >= 15 is 0 Å². The number of alkyl carbamates (subject to hydrolysis) is 1. The molecule has 1 rings (SSSR count). The summed E-state index contributed by atoms with van der Waals surface area (Å²) in [6.45, 7) is 6.57. The molecule has 0 aliphatic heterocycles. The van der Waals surface area contributed by atoms with Crippen molar-refractivity contribution in [2.24, 2.45) is 5.92 Å². The van der Waals surface area contributed by atoms with Crippen molar-refractivity contribution in [3.63, 3.8) is 0 Å². The Morgan fingerprint density at radius 1 is 1.14 bits per heavy atom. The van der Waals surface area contributed by atoms with E-state index < -0.39 is 25.9 Å². The van der Waals surface area contributed by atoms with Crippen LogP contribution in [0.15, 0.2) is 30.3 Å². The molecule has 9 heteroatoms. The van der Waals surface area contributed by atoms with Gasteiger partial charge in [-0.2, -0.15) is 0 Å². The molecule has 2 amide bonds. The summed E-state index contributed by atoms with van der Waals surface area (Å²) >= 11 is 0. The van der Waals surface area contributed by atoms with Crippen molar-refractivity contribution in [1.29, 1.82) is 0 Å². The molecule has 1 aromatic rings. The van der Waals surface area contributed by atoms with Gasteiger partial charge in [0.2, 0.25) is 5.91 Å². The first-order valence-corrected chi connectivity index (χ1v) is 11.4. The van der Waals surface area contributed by atoms with Crippen molar-refractivity contribution in [2.75, 3.05) is 12.8 Å². The first kappa shape index (κ1) is 24.1. The van der Waals surface area contributed by atoms with Crippen LogP contribution in [-0.2, 0) is 20.7 Å². The van der Waals surface area contributed by atoms with Crippen LogP contribution in [0.2, 0.25) is 0 Å². The van der Waals surface area contributed by atoms with Gasteiger partial charge in [0.15, 0.2) is 0 Å². The Morgan fingerprint density at radius 3 is 2.43 bits per heavy atom. The molecule has 0 bridgehead atoms. The van der Waals surface area contributed by atoms with E-state index in [2.05, 4.69) is 29.6 Å². The maximum Gasteiger partial charge on any atom is 0.407 e. The summed E-state index contributed by atoms with van der Waals surface area (Å²) in [7, 11) is -3.96. The summed E-state index contributed by atoms with van der Waals surface area (Å²) in [5, 5.41) is 7.54. The average Bonchev–Trinajstić information content (AvgIpc) is 2.65. The molecule has 0 aromatic heterocycles. The van der Waals surface area contributed by atoms with Gasteiger partial charge in [-0.05, 0) is 24.3 Å². The average molecular weight is 413 g/mol. The highest BCUT2D eigenvalue weighted by molar-refractivity contribution is 7.55. The zero-order chi connectivity index (χ0) is 21.0. The Hall–Kier alpha value is -1.89. The molecular formula is C19H32N3O5P. The van der Waals surface area contributed by atoms with Gasteiger partial charge in [-0.1, -0.05) is 57.5 Å². The quantitative estimate of drug-likeness (QED) is 0.392. The number of carbonyl (C=O) groups excluding carboxylic acids is 2. The molecule has 0 aliphatic rings. The third-order valence-electron chi connectivity index (χ3n) is 3.92. The summed E-state index contributed by atoms with van der Waals surface area (Å²) in [6, 6.07) is 8.31. The second-order valence-corrected chi connectivity index (χ2v) is 9.02. The molecule has 0 spiro atoms. The maximum absolute atomic E-state index is 12.4. The topological polar surface area (TPSA) is 117 Å². The monoisotopic (exact) mass is 413 g/mol. The minimum atomic E-state index is -3.96. The Kier molecular flexibility index (Phi) is 10.8. The highest BCUT2D eigenvalue weighted by Gasteiger charge is 2.27. The van der Waals surface area contributed by atoms with Crippen molar-refractivity contribution < 1.29 is 23.8 Å². The van der Waals surface area contributed by atoms with Crippen LogP contribution < -0.4 is 15.7 Å². The zero-order valence-corrected chi connectivity index (χ0v) is 17.7. The van der Waals surface area contributed by atoms with E-state index in [-0.39, 0.29) is 12.5 Å². The number of amides is 2. The largest absolute Gasteiger partial charge is 0.445 e. The third kappa shape index (κ3) is 10.4. The summed E-state index contributed by atoms with van der Waals surface area (Å²) in [6.07, 6.45) is 0.586. The number of hydrogen-bond donors (Lipinski definition) is 4. The van der Waals surface area contributed by atoms with Gasteiger partial charge in [0, 0.05) is 6.54 Å². The van der Waals surface area contributed by atoms with Crippen molar-refractivity contribution in [2.45, 2.75) is 52.7 Å². The van der Waals surface area contributed by atoms with Gasteiger partial charge in [-0.15, -0.1) is 0 Å². The van der Waals surface area contributed by atoms with Gasteiger partial charge >= 0.3 is 6.09 Å². The lowest BCUT2D eigenvalue weighted by molar-refractivity contribution is -0.122. The highest BCUT2D eigenvalue weighted by atomic mass is 31.2. The molecule has 0 saturated carbocycles. The van der Waals surface area contributed by atoms with E-state index in [4.69, 9.17) is 4.74 Å². The molecule has 0 saturated heterocycles. The van der Waals surface area contributed by atoms with Crippen molar-refractivity contribution >= 4 is 19.5 Å². The molecule has 0 heterocycles. The first-order valence-electron chi connectivity index (χ1n) is 9.55. The van der Waals surface area contributed by atoms with Crippen molar-refractivity contribution in [1.82, 2.24) is 15.7 Å². The van der Waals surface area contributed by atoms with E-state index in [0.29, 0.717) is 25.3 Å². The second-order valence-electron chi connectivity index (χ2n) is 7.04. The van der Waals surface area contributed by atoms with Crippen molar-refractivity contribution in [3.05, 3.63) is 35.9 Å². The van der Waals surface area contributed by atoms with E-state index in [0.717, 1.165) is 12.0 Å². The molecule has 0 aliphatic carbocycles. The predicted octanol–water partition coefficient (Wildman–Crippen LogP) is 2.98. The van der Waals surface area contributed by atoms with E-state index in [1.165, 1.54) is 0 Å².